The van der Waals surface area contributed by atoms with E-state index in [2.05, 4.69) is 38.1 Å². The van der Waals surface area contributed by atoms with Crippen molar-refractivity contribution in [1.82, 2.24) is 29.5 Å². The topological polar surface area (TPSA) is 144 Å². The van der Waals surface area contributed by atoms with Gasteiger partial charge in [-0.3, -0.25) is 4.72 Å². The molecular weight excluding hydrogens is 592 g/mol. The first-order chi connectivity index (χ1) is 21.5. The van der Waals surface area contributed by atoms with Crippen LogP contribution in [-0.4, -0.2) is 74.0 Å². The van der Waals surface area contributed by atoms with Crippen LogP contribution in [0.1, 0.15) is 78.2 Å². The molecular formula is C32H42N8O4S. The maximum atomic E-state index is 13.1. The maximum absolute atomic E-state index is 13.1. The predicted molar refractivity (Wildman–Crippen MR) is 175 cm³/mol. The van der Waals surface area contributed by atoms with Crippen molar-refractivity contribution < 1.29 is 17.9 Å². The Morgan fingerprint density at radius 2 is 1.87 bits per heavy atom. The third kappa shape index (κ3) is 6.82. The number of aryl methyl sites for hydroxylation is 1. The van der Waals surface area contributed by atoms with Crippen LogP contribution in [0.2, 0.25) is 0 Å². The second-order valence-corrected chi connectivity index (χ2v) is 15.0. The molecule has 0 radical (unpaired) electrons. The van der Waals surface area contributed by atoms with Crippen LogP contribution in [0.3, 0.4) is 0 Å². The van der Waals surface area contributed by atoms with E-state index in [0.717, 1.165) is 66.2 Å². The van der Waals surface area contributed by atoms with Gasteiger partial charge in [0.15, 0.2) is 5.82 Å². The molecule has 0 bridgehead atoms. The van der Waals surface area contributed by atoms with Gasteiger partial charge in [-0.1, -0.05) is 26.2 Å². The van der Waals surface area contributed by atoms with E-state index in [4.69, 9.17) is 9.72 Å². The van der Waals surface area contributed by atoms with Crippen LogP contribution in [-0.2, 0) is 21.2 Å². The van der Waals surface area contributed by atoms with E-state index in [0.29, 0.717) is 37.4 Å². The number of fused-ring (bicyclic) bond motifs is 2. The molecule has 1 aliphatic carbocycles. The third-order valence-electron chi connectivity index (χ3n) is 8.53. The molecule has 1 aromatic carbocycles. The Morgan fingerprint density at radius 1 is 1.07 bits per heavy atom. The summed E-state index contributed by atoms with van der Waals surface area (Å²) in [6.07, 6.45) is 9.70. The zero-order valence-electron chi connectivity index (χ0n) is 26.4. The number of benzene rings is 1. The summed E-state index contributed by atoms with van der Waals surface area (Å²) in [5.41, 5.74) is 3.69. The first kappa shape index (κ1) is 31.0. The number of piperidine rings is 1. The number of hydrogen-bond donors (Lipinski definition) is 2. The largest absolute Gasteiger partial charge is 0.444 e. The van der Waals surface area contributed by atoms with E-state index in [1.807, 2.05) is 45.2 Å². The summed E-state index contributed by atoms with van der Waals surface area (Å²) < 4.78 is 36.3. The van der Waals surface area contributed by atoms with E-state index in [1.54, 1.807) is 9.42 Å². The lowest BCUT2D eigenvalue weighted by molar-refractivity contribution is 0.0206. The molecule has 2 aliphatic rings. The molecule has 13 heteroatoms. The van der Waals surface area contributed by atoms with E-state index >= 15 is 0 Å². The van der Waals surface area contributed by atoms with Gasteiger partial charge in [-0.05, 0) is 82.7 Å². The predicted octanol–water partition coefficient (Wildman–Crippen LogP) is 5.79. The summed E-state index contributed by atoms with van der Waals surface area (Å²) in [6, 6.07) is 7.92. The summed E-state index contributed by atoms with van der Waals surface area (Å²) in [6.45, 7) is 8.90. The van der Waals surface area contributed by atoms with Crippen molar-refractivity contribution >= 4 is 44.3 Å². The van der Waals surface area contributed by atoms with Crippen molar-refractivity contribution in [3.63, 3.8) is 0 Å². The van der Waals surface area contributed by atoms with Gasteiger partial charge in [-0.25, -0.2) is 32.7 Å². The van der Waals surface area contributed by atoms with Crippen molar-refractivity contribution in [3.05, 3.63) is 42.4 Å². The number of sulfonamides is 1. The highest BCUT2D eigenvalue weighted by molar-refractivity contribution is 7.93. The highest BCUT2D eigenvalue weighted by atomic mass is 32.2. The molecule has 12 nitrogen and oxygen atoms in total. The Balaban J connectivity index is 1.24. The SMILES string of the molecule is CCc1cc(-c2ccc3c(NS(=O)(=O)C4CCCCC4)ncnn23)cc2cnc(N[C@H]3CCCN(C(=O)OC(C)(C)C)C3)nc12. The number of anilines is 2. The molecule has 3 aromatic heterocycles. The van der Waals surface area contributed by atoms with Crippen LogP contribution in [0.15, 0.2) is 36.8 Å². The Labute approximate surface area is 264 Å². The third-order valence-corrected chi connectivity index (χ3v) is 10.4. The normalized spacial score (nSPS) is 18.3. The van der Waals surface area contributed by atoms with Gasteiger partial charge < -0.3 is 15.0 Å². The molecule has 1 saturated carbocycles. The van der Waals surface area contributed by atoms with Crippen LogP contribution in [0.5, 0.6) is 0 Å². The first-order valence-electron chi connectivity index (χ1n) is 15.9. The van der Waals surface area contributed by atoms with Gasteiger partial charge in [0, 0.05) is 36.3 Å². The van der Waals surface area contributed by atoms with E-state index in [-0.39, 0.29) is 18.0 Å². The standard InChI is InChI=1S/C32H42N8O4S/c1-5-21-16-22(26-13-14-27-29(34-20-35-40(26)27)38-45(42,43)25-11-7-6-8-12-25)17-23-18-33-30(37-28(21)23)36-24-10-9-15-39(19-24)31(41)44-32(2,3)4/h13-14,16-18,20,24-25H,5-12,15,19H2,1-4H3,(H,33,36,37)(H,34,35,38)/t24-/m0/s1. The maximum Gasteiger partial charge on any atom is 0.410 e. The summed E-state index contributed by atoms with van der Waals surface area (Å²) in [4.78, 5) is 28.2. The average molecular weight is 635 g/mol. The molecule has 1 aliphatic heterocycles. The van der Waals surface area contributed by atoms with Crippen molar-refractivity contribution in [2.45, 2.75) is 96.0 Å². The molecule has 0 unspecified atom stereocenters. The van der Waals surface area contributed by atoms with Crippen LogP contribution < -0.4 is 10.0 Å². The number of nitrogens with one attached hydrogen (secondary N) is 2. The number of hydrogen-bond acceptors (Lipinski definition) is 9. The molecule has 45 heavy (non-hydrogen) atoms. The van der Waals surface area contributed by atoms with Gasteiger partial charge in [-0.2, -0.15) is 5.10 Å². The molecule has 4 heterocycles. The van der Waals surface area contributed by atoms with E-state index < -0.39 is 20.9 Å². The Hall–Kier alpha value is -4.00. The van der Waals surface area contributed by atoms with Crippen LogP contribution in [0.4, 0.5) is 16.6 Å². The zero-order valence-corrected chi connectivity index (χ0v) is 27.2. The van der Waals surface area contributed by atoms with Crippen molar-refractivity contribution in [1.29, 1.82) is 0 Å². The van der Waals surface area contributed by atoms with Crippen molar-refractivity contribution in [2.24, 2.45) is 0 Å². The summed E-state index contributed by atoms with van der Waals surface area (Å²) in [5, 5.41) is 8.39. The fourth-order valence-corrected chi connectivity index (χ4v) is 7.85. The van der Waals surface area contributed by atoms with Crippen LogP contribution in [0, 0.1) is 0 Å². The van der Waals surface area contributed by atoms with Crippen LogP contribution >= 0.6 is 0 Å². The smallest absolute Gasteiger partial charge is 0.410 e. The molecule has 6 rings (SSSR count). The molecule has 240 valence electrons. The Bertz CT molecular complexity index is 1810. The van der Waals surface area contributed by atoms with Crippen molar-refractivity contribution in [2.75, 3.05) is 23.1 Å². The zero-order chi connectivity index (χ0) is 31.8. The van der Waals surface area contributed by atoms with Gasteiger partial charge >= 0.3 is 6.09 Å². The highest BCUT2D eigenvalue weighted by Crippen LogP contribution is 2.31. The lowest BCUT2D eigenvalue weighted by Crippen LogP contribution is -2.47. The lowest BCUT2D eigenvalue weighted by Gasteiger charge is -2.34. The van der Waals surface area contributed by atoms with Gasteiger partial charge in [0.05, 0.1) is 16.5 Å². The minimum Gasteiger partial charge on any atom is -0.444 e. The minimum absolute atomic E-state index is 0.0181. The average Bonchev–Trinajstić information content (AvgIpc) is 3.45. The molecule has 1 atom stereocenters. The summed E-state index contributed by atoms with van der Waals surface area (Å²) in [7, 11) is -3.55. The number of carbonyl (C=O) groups is 1. The number of carbonyl (C=O) groups excluding carboxylic acids is 1. The Morgan fingerprint density at radius 3 is 2.62 bits per heavy atom. The highest BCUT2D eigenvalue weighted by Gasteiger charge is 2.29. The van der Waals surface area contributed by atoms with Crippen molar-refractivity contribution in [3.8, 4) is 11.3 Å². The first-order valence-corrected chi connectivity index (χ1v) is 17.4. The van der Waals surface area contributed by atoms with Crippen LogP contribution in [0.25, 0.3) is 27.7 Å². The quantitative estimate of drug-likeness (QED) is 0.258. The number of likely N-dealkylation sites (tertiary alicyclic amines) is 1. The number of rotatable bonds is 7. The van der Waals surface area contributed by atoms with Gasteiger partial charge in [0.1, 0.15) is 17.4 Å². The summed E-state index contributed by atoms with van der Waals surface area (Å²) in [5.74, 6) is 0.807. The molecule has 0 spiro atoms. The molecule has 2 N–H and O–H groups in total. The molecule has 2 fully saturated rings. The molecule has 4 aromatic rings. The Kier molecular flexibility index (Phi) is 8.55. The van der Waals surface area contributed by atoms with E-state index in [9.17, 15) is 13.2 Å². The van der Waals surface area contributed by atoms with Gasteiger partial charge in [0.2, 0.25) is 16.0 Å². The fourth-order valence-electron chi connectivity index (χ4n) is 6.30. The second-order valence-electron chi connectivity index (χ2n) is 13.1. The second kappa shape index (κ2) is 12.4. The number of nitrogens with zero attached hydrogens (tertiary/aromatic N) is 6. The summed E-state index contributed by atoms with van der Waals surface area (Å²) >= 11 is 0. The number of amides is 1. The fraction of sp³-hybridized carbons (Fsp3) is 0.531. The van der Waals surface area contributed by atoms with Gasteiger partial charge in [0.25, 0.3) is 0 Å². The monoisotopic (exact) mass is 634 g/mol. The number of ether oxygens (including phenoxy) is 1. The molecule has 1 saturated heterocycles. The van der Waals surface area contributed by atoms with Gasteiger partial charge in [-0.15, -0.1) is 0 Å². The lowest BCUT2D eigenvalue weighted by atomic mass is 10.0. The minimum atomic E-state index is -3.55. The molecule has 1 amide bonds. The van der Waals surface area contributed by atoms with E-state index in [1.165, 1.54) is 6.33 Å². The number of aromatic nitrogens is 5.